The van der Waals surface area contributed by atoms with E-state index in [0.29, 0.717) is 10.2 Å². The Bertz CT molecular complexity index is 500. The number of carbonyl (C=O) groups is 1. The van der Waals surface area contributed by atoms with Crippen LogP contribution in [0.2, 0.25) is 0 Å². The van der Waals surface area contributed by atoms with E-state index in [4.69, 9.17) is 9.84 Å². The van der Waals surface area contributed by atoms with Gasteiger partial charge in [0.05, 0.1) is 10.6 Å². The largest absolute Gasteiger partial charge is 0.482 e. The molecule has 0 spiro atoms. The molecule has 0 aliphatic carbocycles. The lowest BCUT2D eigenvalue weighted by Crippen LogP contribution is -2.27. The van der Waals surface area contributed by atoms with Gasteiger partial charge in [-0.15, -0.1) is 0 Å². The second-order valence-corrected chi connectivity index (χ2v) is 6.13. The molecule has 0 heterocycles. The summed E-state index contributed by atoms with van der Waals surface area (Å²) >= 11 is 10.1. The highest BCUT2D eigenvalue weighted by Gasteiger charge is 2.17. The molecular formula is C12H11Br3O4. The third kappa shape index (κ3) is 4.91. The average Bonchev–Trinajstić information content (AvgIpc) is 2.33. The van der Waals surface area contributed by atoms with Crippen LogP contribution in [0.15, 0.2) is 37.7 Å². The minimum atomic E-state index is -1.09. The zero-order valence-corrected chi connectivity index (χ0v) is 14.6. The third-order valence-electron chi connectivity index (χ3n) is 2.17. The second-order valence-electron chi connectivity index (χ2n) is 3.69. The van der Waals surface area contributed by atoms with Crippen LogP contribution in [0.4, 0.5) is 0 Å². The van der Waals surface area contributed by atoms with Crippen molar-refractivity contribution < 1.29 is 19.7 Å². The minimum Gasteiger partial charge on any atom is -0.482 e. The number of halogens is 3. The van der Waals surface area contributed by atoms with Gasteiger partial charge in [0.2, 0.25) is 0 Å². The molecule has 0 aromatic heterocycles. The molecule has 2 atom stereocenters. The summed E-state index contributed by atoms with van der Waals surface area (Å²) in [5.41, 5.74) is 0. The molecule has 4 nitrogen and oxygen atoms in total. The first-order valence-corrected chi connectivity index (χ1v) is 7.60. The molecule has 1 aromatic rings. The number of hydrogen-bond acceptors (Lipinski definition) is 3. The number of aliphatic hydroxyl groups excluding tert-OH is 1. The van der Waals surface area contributed by atoms with Crippen LogP contribution in [0.25, 0.3) is 0 Å². The highest BCUT2D eigenvalue weighted by atomic mass is 79.9. The fourth-order valence-corrected chi connectivity index (χ4v) is 2.58. The maximum Gasteiger partial charge on any atom is 0.328 e. The van der Waals surface area contributed by atoms with Crippen LogP contribution in [0.1, 0.15) is 6.92 Å². The number of aliphatic hydroxyl groups is 1. The van der Waals surface area contributed by atoms with Gasteiger partial charge in [-0.05, 0) is 72.9 Å². The Morgan fingerprint density at radius 3 is 2.47 bits per heavy atom. The topological polar surface area (TPSA) is 66.8 Å². The molecule has 0 saturated heterocycles. The quantitative estimate of drug-likeness (QED) is 0.521. The van der Waals surface area contributed by atoms with Gasteiger partial charge in [0, 0.05) is 15.0 Å². The summed E-state index contributed by atoms with van der Waals surface area (Å²) in [5, 5.41) is 18.2. The molecule has 7 heteroatoms. The summed E-state index contributed by atoms with van der Waals surface area (Å²) in [4.78, 5) is 10.5. The van der Waals surface area contributed by atoms with E-state index in [2.05, 4.69) is 47.8 Å². The van der Waals surface area contributed by atoms with Gasteiger partial charge >= 0.3 is 5.97 Å². The van der Waals surface area contributed by atoms with Crippen molar-refractivity contribution in [3.63, 3.8) is 0 Å². The van der Waals surface area contributed by atoms with Gasteiger partial charge < -0.3 is 14.9 Å². The maximum absolute atomic E-state index is 10.5. The molecule has 2 N–H and O–H groups in total. The van der Waals surface area contributed by atoms with Gasteiger partial charge in [0.15, 0.2) is 0 Å². The molecule has 2 unspecified atom stereocenters. The van der Waals surface area contributed by atoms with E-state index in [-0.39, 0.29) is 0 Å². The number of carboxylic acids is 1. The summed E-state index contributed by atoms with van der Waals surface area (Å²) in [7, 11) is 0. The van der Waals surface area contributed by atoms with Crippen LogP contribution in [-0.4, -0.2) is 28.4 Å². The SMILES string of the molecule is CC(O)C(C=CC(=O)O)Oc1ccc(Br)c(Br)c1Br. The average molecular weight is 459 g/mol. The van der Waals surface area contributed by atoms with Crippen LogP contribution in [-0.2, 0) is 4.79 Å². The van der Waals surface area contributed by atoms with Crippen molar-refractivity contribution in [2.45, 2.75) is 19.1 Å². The van der Waals surface area contributed by atoms with E-state index in [9.17, 15) is 9.90 Å². The maximum atomic E-state index is 10.5. The molecular weight excluding hydrogens is 448 g/mol. The van der Waals surface area contributed by atoms with Crippen LogP contribution in [0.5, 0.6) is 5.75 Å². The van der Waals surface area contributed by atoms with Crippen molar-refractivity contribution in [2.24, 2.45) is 0 Å². The molecule has 0 fully saturated rings. The number of rotatable bonds is 5. The predicted octanol–water partition coefficient (Wildman–Crippen LogP) is 3.74. The Hall–Kier alpha value is -0.370. The second kappa shape index (κ2) is 7.42. The van der Waals surface area contributed by atoms with Crippen molar-refractivity contribution in [1.29, 1.82) is 0 Å². The smallest absolute Gasteiger partial charge is 0.328 e. The lowest BCUT2D eigenvalue weighted by molar-refractivity contribution is -0.131. The summed E-state index contributed by atoms with van der Waals surface area (Å²) in [6, 6.07) is 3.49. The summed E-state index contributed by atoms with van der Waals surface area (Å²) in [6.45, 7) is 1.53. The predicted molar refractivity (Wildman–Crippen MR) is 82.4 cm³/mol. The first-order valence-electron chi connectivity index (χ1n) is 5.22. The Morgan fingerprint density at radius 1 is 1.32 bits per heavy atom. The molecule has 0 bridgehead atoms. The third-order valence-corrected chi connectivity index (χ3v) is 5.50. The van der Waals surface area contributed by atoms with Crippen LogP contribution in [0.3, 0.4) is 0 Å². The van der Waals surface area contributed by atoms with Crippen molar-refractivity contribution in [3.8, 4) is 5.75 Å². The zero-order chi connectivity index (χ0) is 14.6. The van der Waals surface area contributed by atoms with Gasteiger partial charge in [-0.3, -0.25) is 0 Å². The number of aliphatic carboxylic acids is 1. The Labute approximate surface area is 135 Å². The van der Waals surface area contributed by atoms with E-state index in [0.717, 1.165) is 15.0 Å². The molecule has 0 aliphatic heterocycles. The van der Waals surface area contributed by atoms with E-state index >= 15 is 0 Å². The molecule has 104 valence electrons. The monoisotopic (exact) mass is 456 g/mol. The van der Waals surface area contributed by atoms with Crippen molar-refractivity contribution in [3.05, 3.63) is 37.7 Å². The van der Waals surface area contributed by atoms with Crippen LogP contribution >= 0.6 is 47.8 Å². The van der Waals surface area contributed by atoms with E-state index in [1.165, 1.54) is 13.0 Å². The number of ether oxygens (including phenoxy) is 1. The Kier molecular flexibility index (Phi) is 6.52. The van der Waals surface area contributed by atoms with Crippen molar-refractivity contribution >= 4 is 53.8 Å². The Balaban J connectivity index is 2.97. The van der Waals surface area contributed by atoms with Gasteiger partial charge in [0.1, 0.15) is 11.9 Å². The van der Waals surface area contributed by atoms with Crippen LogP contribution in [0, 0.1) is 0 Å². The fraction of sp³-hybridized carbons (Fsp3) is 0.250. The zero-order valence-electron chi connectivity index (χ0n) is 9.81. The molecule has 0 radical (unpaired) electrons. The van der Waals surface area contributed by atoms with Gasteiger partial charge in [0.25, 0.3) is 0 Å². The summed E-state index contributed by atoms with van der Waals surface area (Å²) in [6.07, 6.45) is 0.652. The molecule has 0 amide bonds. The molecule has 19 heavy (non-hydrogen) atoms. The fourth-order valence-electron chi connectivity index (χ4n) is 1.22. The first-order chi connectivity index (χ1) is 8.82. The Morgan fingerprint density at radius 2 is 1.95 bits per heavy atom. The van der Waals surface area contributed by atoms with Crippen molar-refractivity contribution in [1.82, 2.24) is 0 Å². The van der Waals surface area contributed by atoms with Gasteiger partial charge in [-0.2, -0.15) is 0 Å². The number of hydrogen-bond donors (Lipinski definition) is 2. The number of benzene rings is 1. The number of carboxylic acid groups (broad SMARTS) is 1. The molecule has 1 rings (SSSR count). The lowest BCUT2D eigenvalue weighted by Gasteiger charge is -2.19. The van der Waals surface area contributed by atoms with E-state index in [1.54, 1.807) is 12.1 Å². The summed E-state index contributed by atoms with van der Waals surface area (Å²) < 4.78 is 7.90. The molecule has 1 aromatic carbocycles. The highest BCUT2D eigenvalue weighted by molar-refractivity contribution is 9.14. The minimum absolute atomic E-state index is 0.496. The first kappa shape index (κ1) is 16.7. The summed E-state index contributed by atoms with van der Waals surface area (Å²) in [5.74, 6) is -0.596. The van der Waals surface area contributed by atoms with Gasteiger partial charge in [-0.25, -0.2) is 4.79 Å². The van der Waals surface area contributed by atoms with Crippen molar-refractivity contribution in [2.75, 3.05) is 0 Å². The van der Waals surface area contributed by atoms with E-state index < -0.39 is 18.2 Å². The standard InChI is InChI=1S/C12H11Br3O4/c1-6(16)8(4-5-10(17)18)19-9-3-2-7(13)11(14)12(9)15/h2-6,8,16H,1H3,(H,17,18). The molecule has 0 saturated carbocycles. The van der Waals surface area contributed by atoms with E-state index in [1.807, 2.05) is 0 Å². The lowest BCUT2D eigenvalue weighted by atomic mass is 10.2. The highest BCUT2D eigenvalue weighted by Crippen LogP contribution is 2.38. The van der Waals surface area contributed by atoms with Gasteiger partial charge in [-0.1, -0.05) is 0 Å². The van der Waals surface area contributed by atoms with Crippen LogP contribution < -0.4 is 4.74 Å². The molecule has 0 aliphatic rings. The normalized spacial score (nSPS) is 14.4.